The van der Waals surface area contributed by atoms with E-state index in [1.54, 1.807) is 12.1 Å². The zero-order valence-electron chi connectivity index (χ0n) is 12.9. The fraction of sp³-hybridized carbons (Fsp3) is 0.412. The lowest BCUT2D eigenvalue weighted by atomic mass is 10.2. The first-order valence-corrected chi connectivity index (χ1v) is 7.36. The third kappa shape index (κ3) is 3.85. The largest absolute Gasteiger partial charge is 0.494 e. The number of methoxy groups -OCH3 is 1. The van der Waals surface area contributed by atoms with Crippen molar-refractivity contribution in [3.63, 3.8) is 0 Å². The molecular weight excluding hydrogens is 267 g/mol. The number of nitrogens with zero attached hydrogens (tertiary/aromatic N) is 1. The Morgan fingerprint density at radius 2 is 2.14 bits per heavy atom. The minimum atomic E-state index is -0.285. The zero-order valence-corrected chi connectivity index (χ0v) is 12.9. The van der Waals surface area contributed by atoms with Crippen molar-refractivity contribution in [2.75, 3.05) is 13.7 Å². The summed E-state index contributed by atoms with van der Waals surface area (Å²) < 4.78 is 21.2. The average molecular weight is 290 g/mol. The molecule has 1 unspecified atom stereocenters. The first-order valence-electron chi connectivity index (χ1n) is 7.36. The second-order valence-corrected chi connectivity index (χ2v) is 5.23. The smallest absolute Gasteiger partial charge is 0.170 e. The highest BCUT2D eigenvalue weighted by Crippen LogP contribution is 2.21. The molecule has 1 atom stereocenters. The van der Waals surface area contributed by atoms with Crippen LogP contribution in [0, 0.1) is 5.82 Å². The maximum Gasteiger partial charge on any atom is 0.170 e. The fourth-order valence-corrected chi connectivity index (χ4v) is 2.33. The number of rotatable bonds is 7. The van der Waals surface area contributed by atoms with E-state index in [2.05, 4.69) is 31.4 Å². The van der Waals surface area contributed by atoms with E-state index in [-0.39, 0.29) is 11.6 Å². The van der Waals surface area contributed by atoms with Gasteiger partial charge in [-0.3, -0.25) is 0 Å². The second-order valence-electron chi connectivity index (χ2n) is 5.23. The molecule has 0 spiro atoms. The number of hydrogen-bond donors (Lipinski definition) is 1. The van der Waals surface area contributed by atoms with Crippen LogP contribution in [0.25, 0.3) is 0 Å². The molecule has 3 nitrogen and oxygen atoms in total. The van der Waals surface area contributed by atoms with Crippen LogP contribution in [0.15, 0.2) is 36.7 Å². The molecular formula is C17H23FN2O. The van der Waals surface area contributed by atoms with Gasteiger partial charge in [0.05, 0.1) is 13.7 Å². The topological polar surface area (TPSA) is 26.2 Å². The van der Waals surface area contributed by atoms with E-state index in [0.717, 1.165) is 13.0 Å². The average Bonchev–Trinajstić information content (AvgIpc) is 2.95. The van der Waals surface area contributed by atoms with Crippen LogP contribution in [0.2, 0.25) is 0 Å². The van der Waals surface area contributed by atoms with Crippen molar-refractivity contribution in [1.29, 1.82) is 0 Å². The van der Waals surface area contributed by atoms with E-state index < -0.39 is 0 Å². The Morgan fingerprint density at radius 1 is 1.33 bits per heavy atom. The van der Waals surface area contributed by atoms with E-state index >= 15 is 0 Å². The molecule has 114 valence electrons. The number of halogens is 1. The van der Waals surface area contributed by atoms with Crippen LogP contribution in [-0.2, 0) is 6.54 Å². The summed E-state index contributed by atoms with van der Waals surface area (Å²) in [6, 6.07) is 7.62. The van der Waals surface area contributed by atoms with Gasteiger partial charge in [-0.25, -0.2) is 4.39 Å². The Balaban J connectivity index is 2.09. The molecule has 0 aliphatic rings. The van der Waals surface area contributed by atoms with Gasteiger partial charge in [0.25, 0.3) is 0 Å². The monoisotopic (exact) mass is 290 g/mol. The molecule has 0 saturated carbocycles. The molecule has 1 heterocycles. The Morgan fingerprint density at radius 3 is 2.86 bits per heavy atom. The highest BCUT2D eigenvalue weighted by Gasteiger charge is 2.10. The van der Waals surface area contributed by atoms with Crippen molar-refractivity contribution >= 4 is 0 Å². The maximum absolute atomic E-state index is 14.1. The number of aromatic nitrogens is 1. The molecule has 21 heavy (non-hydrogen) atoms. The summed E-state index contributed by atoms with van der Waals surface area (Å²) in [7, 11) is 1.48. The quantitative estimate of drug-likeness (QED) is 0.840. The second kappa shape index (κ2) is 7.27. The van der Waals surface area contributed by atoms with E-state index in [9.17, 15) is 4.39 Å². The van der Waals surface area contributed by atoms with Crippen molar-refractivity contribution in [3.8, 4) is 5.75 Å². The maximum atomic E-state index is 14.1. The summed E-state index contributed by atoms with van der Waals surface area (Å²) in [5, 5.41) is 3.45. The van der Waals surface area contributed by atoms with E-state index in [1.165, 1.54) is 12.7 Å². The molecule has 0 saturated heterocycles. The Bertz CT molecular complexity index is 580. The van der Waals surface area contributed by atoms with Crippen molar-refractivity contribution in [2.24, 2.45) is 0 Å². The van der Waals surface area contributed by atoms with Gasteiger partial charge in [-0.2, -0.15) is 0 Å². The lowest BCUT2D eigenvalue weighted by molar-refractivity contribution is 0.383. The van der Waals surface area contributed by atoms with Gasteiger partial charge in [-0.1, -0.05) is 19.1 Å². The molecule has 0 aliphatic heterocycles. The fourth-order valence-electron chi connectivity index (χ4n) is 2.33. The molecule has 0 amide bonds. The molecule has 0 bridgehead atoms. The van der Waals surface area contributed by atoms with Crippen LogP contribution in [0.5, 0.6) is 5.75 Å². The van der Waals surface area contributed by atoms with Crippen LogP contribution in [0.3, 0.4) is 0 Å². The summed E-state index contributed by atoms with van der Waals surface area (Å²) in [5.41, 5.74) is 1.84. The minimum absolute atomic E-state index is 0.285. The molecule has 0 aliphatic carbocycles. The Kier molecular flexibility index (Phi) is 5.39. The highest BCUT2D eigenvalue weighted by atomic mass is 19.1. The molecule has 1 aromatic carbocycles. The lowest BCUT2D eigenvalue weighted by Gasteiger charge is -2.11. The summed E-state index contributed by atoms with van der Waals surface area (Å²) in [4.78, 5) is 0. The van der Waals surface area contributed by atoms with Crippen LogP contribution >= 0.6 is 0 Å². The lowest BCUT2D eigenvalue weighted by Crippen LogP contribution is -2.18. The summed E-state index contributed by atoms with van der Waals surface area (Å²) in [6.45, 7) is 5.79. The molecule has 0 fully saturated rings. The molecule has 1 N–H and O–H groups in total. The number of nitrogens with one attached hydrogen (secondary N) is 1. The van der Waals surface area contributed by atoms with Gasteiger partial charge in [0.1, 0.15) is 0 Å². The van der Waals surface area contributed by atoms with Crippen molar-refractivity contribution in [2.45, 2.75) is 32.9 Å². The number of benzene rings is 1. The summed E-state index contributed by atoms with van der Waals surface area (Å²) in [5.74, 6) is 0.00488. The Labute approximate surface area is 125 Å². The van der Waals surface area contributed by atoms with Crippen molar-refractivity contribution < 1.29 is 9.13 Å². The van der Waals surface area contributed by atoms with Gasteiger partial charge >= 0.3 is 0 Å². The van der Waals surface area contributed by atoms with Crippen LogP contribution in [0.1, 0.15) is 37.4 Å². The third-order valence-corrected chi connectivity index (χ3v) is 3.59. The Hall–Kier alpha value is -1.81. The van der Waals surface area contributed by atoms with Gasteiger partial charge in [0.15, 0.2) is 11.6 Å². The summed E-state index contributed by atoms with van der Waals surface area (Å²) in [6.07, 6.45) is 5.16. The van der Waals surface area contributed by atoms with Gasteiger partial charge < -0.3 is 14.6 Å². The van der Waals surface area contributed by atoms with E-state index in [1.807, 2.05) is 16.8 Å². The van der Waals surface area contributed by atoms with Gasteiger partial charge in [-0.05, 0) is 37.6 Å². The number of ether oxygens (including phenoxy) is 1. The molecule has 2 aromatic rings. The molecule has 4 heteroatoms. The van der Waals surface area contributed by atoms with Crippen molar-refractivity contribution in [1.82, 2.24) is 9.88 Å². The molecule has 0 radical (unpaired) electrons. The van der Waals surface area contributed by atoms with Gasteiger partial charge in [0.2, 0.25) is 0 Å². The predicted octanol–water partition coefficient (Wildman–Crippen LogP) is 3.74. The molecule has 1 aromatic heterocycles. The molecule has 2 rings (SSSR count). The SMILES string of the molecule is CCCNC(C)c1ccn(Cc2cccc(OC)c2F)c1. The van der Waals surface area contributed by atoms with Crippen LogP contribution in [0.4, 0.5) is 4.39 Å². The number of hydrogen-bond acceptors (Lipinski definition) is 2. The first kappa shape index (κ1) is 15.6. The van der Waals surface area contributed by atoms with Crippen molar-refractivity contribution in [3.05, 3.63) is 53.6 Å². The highest BCUT2D eigenvalue weighted by molar-refractivity contribution is 5.31. The van der Waals surface area contributed by atoms with E-state index in [4.69, 9.17) is 4.74 Å². The van der Waals surface area contributed by atoms with E-state index in [0.29, 0.717) is 18.2 Å². The van der Waals surface area contributed by atoms with Gasteiger partial charge in [0, 0.05) is 24.0 Å². The summed E-state index contributed by atoms with van der Waals surface area (Å²) >= 11 is 0. The first-order chi connectivity index (χ1) is 10.2. The standard InChI is InChI=1S/C17H23FN2O/c1-4-9-19-13(2)14-8-10-20(11-14)12-15-6-5-7-16(21-3)17(15)18/h5-8,10-11,13,19H,4,9,12H2,1-3H3. The van der Waals surface area contributed by atoms with Crippen LogP contribution in [-0.4, -0.2) is 18.2 Å². The normalized spacial score (nSPS) is 12.4. The van der Waals surface area contributed by atoms with Gasteiger partial charge in [-0.15, -0.1) is 0 Å². The zero-order chi connectivity index (χ0) is 15.2. The minimum Gasteiger partial charge on any atom is -0.494 e. The predicted molar refractivity (Wildman–Crippen MR) is 83.2 cm³/mol. The van der Waals surface area contributed by atoms with Crippen LogP contribution < -0.4 is 10.1 Å². The third-order valence-electron chi connectivity index (χ3n) is 3.59.